The van der Waals surface area contributed by atoms with Gasteiger partial charge in [0.05, 0.1) is 0 Å². The van der Waals surface area contributed by atoms with Gasteiger partial charge in [0, 0.05) is 16.2 Å². The van der Waals surface area contributed by atoms with Crippen molar-refractivity contribution in [3.63, 3.8) is 0 Å². The van der Waals surface area contributed by atoms with Crippen LogP contribution in [0.3, 0.4) is 0 Å². The van der Waals surface area contributed by atoms with Crippen molar-refractivity contribution >= 4 is 32.7 Å². The number of rotatable bonds is 4. The second kappa shape index (κ2) is 18.2. The van der Waals surface area contributed by atoms with Gasteiger partial charge in [-0.1, -0.05) is 208 Å². The van der Waals surface area contributed by atoms with Gasteiger partial charge >= 0.3 is 0 Å². The van der Waals surface area contributed by atoms with Crippen LogP contribution in [0.1, 0.15) is 83.7 Å². The van der Waals surface area contributed by atoms with Crippen molar-refractivity contribution < 1.29 is 4.42 Å². The Hall–Kier alpha value is -6.18. The van der Waals surface area contributed by atoms with E-state index < -0.39 is 0 Å². The van der Waals surface area contributed by atoms with E-state index in [1.54, 1.807) is 0 Å². The fraction of sp³-hybridized carbons (Fsp3) is 0.207. The highest BCUT2D eigenvalue weighted by Crippen LogP contribution is 2.52. The van der Waals surface area contributed by atoms with Gasteiger partial charge in [0.15, 0.2) is 0 Å². The van der Waals surface area contributed by atoms with Crippen LogP contribution in [0, 0.1) is 27.7 Å². The molecule has 1 aromatic heterocycles. The Bertz CT molecular complexity index is 2760. The van der Waals surface area contributed by atoms with Gasteiger partial charge in [-0.3, -0.25) is 0 Å². The third-order valence-electron chi connectivity index (χ3n) is 11.9. The van der Waals surface area contributed by atoms with Crippen molar-refractivity contribution in [2.45, 2.75) is 79.6 Å². The molecular weight excluding hydrogens is 713 g/mol. The molecule has 0 fully saturated rings. The lowest BCUT2D eigenvalue weighted by Crippen LogP contribution is -2.15. The summed E-state index contributed by atoms with van der Waals surface area (Å²) in [6.07, 6.45) is 2.14. The van der Waals surface area contributed by atoms with Crippen LogP contribution in [0.5, 0.6) is 0 Å². The van der Waals surface area contributed by atoms with Gasteiger partial charge in [-0.25, -0.2) is 0 Å². The highest BCUT2D eigenvalue weighted by molar-refractivity contribution is 6.07. The highest BCUT2D eigenvalue weighted by atomic mass is 16.3. The van der Waals surface area contributed by atoms with Crippen LogP contribution >= 0.6 is 0 Å². The van der Waals surface area contributed by atoms with Crippen LogP contribution in [0.25, 0.3) is 43.8 Å². The molecule has 0 radical (unpaired) electrons. The second-order valence-corrected chi connectivity index (χ2v) is 16.7. The quantitative estimate of drug-likeness (QED) is 0.174. The van der Waals surface area contributed by atoms with E-state index in [-0.39, 0.29) is 5.41 Å². The molecule has 1 nitrogen and oxygen atoms in total. The number of furan rings is 1. The van der Waals surface area contributed by atoms with Crippen LogP contribution < -0.4 is 0 Å². The van der Waals surface area contributed by atoms with Crippen LogP contribution in [-0.4, -0.2) is 0 Å². The van der Waals surface area contributed by atoms with Crippen LogP contribution in [-0.2, 0) is 18.3 Å². The summed E-state index contributed by atoms with van der Waals surface area (Å²) in [5.74, 6) is 0.378. The van der Waals surface area contributed by atoms with Crippen molar-refractivity contribution in [1.29, 1.82) is 0 Å². The van der Waals surface area contributed by atoms with E-state index in [4.69, 9.17) is 4.42 Å². The molecular formula is C58H58O. The lowest BCUT2D eigenvalue weighted by Gasteiger charge is -2.23. The molecule has 1 aliphatic rings. The molecule has 0 aliphatic heterocycles. The minimum Gasteiger partial charge on any atom is -0.456 e. The van der Waals surface area contributed by atoms with Gasteiger partial charge in [0.2, 0.25) is 0 Å². The van der Waals surface area contributed by atoms with Gasteiger partial charge in [-0.2, -0.15) is 0 Å². The summed E-state index contributed by atoms with van der Waals surface area (Å²) in [4.78, 5) is 0. The summed E-state index contributed by atoms with van der Waals surface area (Å²) in [7, 11) is 0. The van der Waals surface area contributed by atoms with Gasteiger partial charge < -0.3 is 4.42 Å². The molecule has 0 bridgehead atoms. The average molecular weight is 771 g/mol. The third kappa shape index (κ3) is 9.11. The third-order valence-corrected chi connectivity index (χ3v) is 11.9. The number of hydrogen-bond acceptors (Lipinski definition) is 1. The fourth-order valence-electron chi connectivity index (χ4n) is 8.50. The van der Waals surface area contributed by atoms with Gasteiger partial charge in [-0.15, -0.1) is 0 Å². The molecule has 1 aliphatic carbocycles. The molecule has 1 unspecified atom stereocenters. The second-order valence-electron chi connectivity index (χ2n) is 16.7. The Labute approximate surface area is 352 Å². The number of aryl methyl sites for hydroxylation is 5. The van der Waals surface area contributed by atoms with E-state index in [0.717, 1.165) is 24.0 Å². The summed E-state index contributed by atoms with van der Waals surface area (Å²) in [5, 5.41) is 5.20. The number of fused-ring (bicyclic) bond motifs is 8. The molecule has 1 atom stereocenters. The van der Waals surface area contributed by atoms with E-state index in [1.165, 1.54) is 82.7 Å². The Morgan fingerprint density at radius 2 is 1.05 bits per heavy atom. The van der Waals surface area contributed by atoms with Crippen molar-refractivity contribution in [2.24, 2.45) is 0 Å². The minimum absolute atomic E-state index is 0.0144. The fourth-order valence-corrected chi connectivity index (χ4v) is 8.50. The smallest absolute Gasteiger partial charge is 0.135 e. The van der Waals surface area contributed by atoms with Crippen molar-refractivity contribution in [2.75, 3.05) is 0 Å². The lowest BCUT2D eigenvalue weighted by molar-refractivity contribution is 0.657. The Kier molecular flexibility index (Phi) is 12.6. The number of benzene rings is 8. The van der Waals surface area contributed by atoms with Crippen molar-refractivity contribution in [3.05, 3.63) is 226 Å². The predicted molar refractivity (Wildman–Crippen MR) is 255 cm³/mol. The Morgan fingerprint density at radius 1 is 0.492 bits per heavy atom. The average Bonchev–Trinajstić information content (AvgIpc) is 3.75. The van der Waals surface area contributed by atoms with Crippen LogP contribution in [0.15, 0.2) is 180 Å². The summed E-state index contributed by atoms with van der Waals surface area (Å²) in [6.45, 7) is 17.8. The molecule has 9 aromatic rings. The largest absolute Gasteiger partial charge is 0.456 e. The SMILES string of the molecule is CCc1ccccc1.Cc1cc2c(c3ccccc13)-c1ccc(CC(C)c3cccc4oc5ccccc5c34)cc1C2(C)C.Cc1ccc(C)cc1.Cc1ccccc1. The Morgan fingerprint density at radius 3 is 1.66 bits per heavy atom. The molecule has 0 saturated heterocycles. The lowest BCUT2D eigenvalue weighted by atomic mass is 9.80. The predicted octanol–water partition coefficient (Wildman–Crippen LogP) is 16.2. The first-order valence-corrected chi connectivity index (χ1v) is 21.2. The zero-order chi connectivity index (χ0) is 41.5. The molecule has 0 N–H and O–H groups in total. The van der Waals surface area contributed by atoms with E-state index in [0.29, 0.717) is 5.92 Å². The van der Waals surface area contributed by atoms with E-state index in [1.807, 2.05) is 30.3 Å². The molecule has 10 rings (SSSR count). The maximum Gasteiger partial charge on any atom is 0.135 e. The molecule has 8 aromatic carbocycles. The van der Waals surface area contributed by atoms with Gasteiger partial charge in [-0.05, 0) is 114 Å². The molecule has 1 heterocycles. The zero-order valence-electron chi connectivity index (χ0n) is 36.1. The van der Waals surface area contributed by atoms with E-state index in [9.17, 15) is 0 Å². The first-order chi connectivity index (χ1) is 28.5. The van der Waals surface area contributed by atoms with Gasteiger partial charge in [0.25, 0.3) is 0 Å². The minimum atomic E-state index is -0.0144. The number of hydrogen-bond donors (Lipinski definition) is 0. The normalized spacial score (nSPS) is 12.6. The first-order valence-electron chi connectivity index (χ1n) is 21.2. The first kappa shape index (κ1) is 41.0. The van der Waals surface area contributed by atoms with Crippen molar-refractivity contribution in [1.82, 2.24) is 0 Å². The summed E-state index contributed by atoms with van der Waals surface area (Å²) in [6, 6.07) is 62.6. The summed E-state index contributed by atoms with van der Waals surface area (Å²) >= 11 is 0. The summed E-state index contributed by atoms with van der Waals surface area (Å²) in [5.41, 5.74) is 17.2. The standard InChI is InChI=1S/C35H30O.2C8H10.C7H8/c1-21(25-13-9-15-32-34(25)28-12-7-8-14-31(28)36-32)18-23-16-17-27-29(20-23)35(3,4)30-19-22(2)24-10-5-6-11-26(24)33(27)30;1-7-3-5-8(2)6-4-7;1-2-8-6-4-3-5-7-8;1-7-5-3-2-4-6-7/h5-17,19-21H,18H2,1-4H3;3-6H,1-2H3;3-7H,2H2,1H3;2-6H,1H3. The van der Waals surface area contributed by atoms with Crippen LogP contribution in [0.2, 0.25) is 0 Å². The van der Waals surface area contributed by atoms with E-state index in [2.05, 4.69) is 201 Å². The highest BCUT2D eigenvalue weighted by Gasteiger charge is 2.37. The molecule has 1 heteroatoms. The maximum atomic E-state index is 6.16. The topological polar surface area (TPSA) is 13.1 Å². The Balaban J connectivity index is 0.000000185. The van der Waals surface area contributed by atoms with Crippen LogP contribution in [0.4, 0.5) is 0 Å². The van der Waals surface area contributed by atoms with E-state index >= 15 is 0 Å². The zero-order valence-corrected chi connectivity index (χ0v) is 36.1. The molecule has 0 spiro atoms. The number of para-hydroxylation sites is 1. The molecule has 59 heavy (non-hydrogen) atoms. The molecule has 0 amide bonds. The van der Waals surface area contributed by atoms with Gasteiger partial charge in [0.1, 0.15) is 11.2 Å². The maximum absolute atomic E-state index is 6.16. The van der Waals surface area contributed by atoms with Crippen molar-refractivity contribution in [3.8, 4) is 11.1 Å². The monoisotopic (exact) mass is 770 g/mol. The molecule has 296 valence electrons. The summed E-state index contributed by atoms with van der Waals surface area (Å²) < 4.78 is 6.16. The molecule has 0 saturated carbocycles.